The maximum Gasteiger partial charge on any atom is 0.251 e. The molecular formula is C18H19N3O3. The van der Waals surface area contributed by atoms with E-state index in [9.17, 15) is 9.59 Å². The molecule has 1 N–H and O–H groups in total. The Hall–Kier alpha value is -2.73. The second-order valence-corrected chi connectivity index (χ2v) is 5.49. The van der Waals surface area contributed by atoms with E-state index in [0.717, 1.165) is 5.56 Å². The summed E-state index contributed by atoms with van der Waals surface area (Å²) in [6.07, 6.45) is 3.56. The van der Waals surface area contributed by atoms with Crippen LogP contribution >= 0.6 is 0 Å². The van der Waals surface area contributed by atoms with Crippen molar-refractivity contribution in [1.82, 2.24) is 10.3 Å². The summed E-state index contributed by atoms with van der Waals surface area (Å²) in [7, 11) is 0. The zero-order valence-electron chi connectivity index (χ0n) is 13.4. The summed E-state index contributed by atoms with van der Waals surface area (Å²) in [6.45, 7) is 2.99. The molecule has 24 heavy (non-hydrogen) atoms. The molecular weight excluding hydrogens is 306 g/mol. The van der Waals surface area contributed by atoms with E-state index < -0.39 is 6.04 Å². The van der Waals surface area contributed by atoms with Crippen LogP contribution in [-0.4, -0.2) is 29.4 Å². The van der Waals surface area contributed by atoms with Gasteiger partial charge in [0.25, 0.3) is 5.91 Å². The highest BCUT2D eigenvalue weighted by Crippen LogP contribution is 2.25. The number of imide groups is 1. The summed E-state index contributed by atoms with van der Waals surface area (Å²) in [5.74, 6) is 0.294. The molecule has 1 fully saturated rings. The van der Waals surface area contributed by atoms with Crippen molar-refractivity contribution >= 4 is 17.5 Å². The van der Waals surface area contributed by atoms with Crippen LogP contribution in [0, 0.1) is 0 Å². The fourth-order valence-electron chi connectivity index (χ4n) is 2.66. The molecule has 1 aliphatic rings. The fraction of sp³-hybridized carbons (Fsp3) is 0.278. The molecule has 0 unspecified atom stereocenters. The largest absolute Gasteiger partial charge is 0.494 e. The van der Waals surface area contributed by atoms with E-state index in [2.05, 4.69) is 10.3 Å². The molecule has 1 atom stereocenters. The minimum Gasteiger partial charge on any atom is -0.494 e. The molecule has 6 heteroatoms. The minimum atomic E-state index is -0.503. The Kier molecular flexibility index (Phi) is 4.86. The van der Waals surface area contributed by atoms with Gasteiger partial charge >= 0.3 is 0 Å². The van der Waals surface area contributed by atoms with Gasteiger partial charge in [-0.25, -0.2) is 4.90 Å². The Morgan fingerprint density at radius 3 is 2.54 bits per heavy atom. The second kappa shape index (κ2) is 7.23. The lowest BCUT2D eigenvalue weighted by Crippen LogP contribution is -2.38. The monoisotopic (exact) mass is 325 g/mol. The second-order valence-electron chi connectivity index (χ2n) is 5.49. The first-order chi connectivity index (χ1) is 11.7. The molecule has 0 bridgehead atoms. The van der Waals surface area contributed by atoms with E-state index in [1.165, 1.54) is 4.90 Å². The van der Waals surface area contributed by atoms with Gasteiger partial charge in [-0.15, -0.1) is 0 Å². The molecule has 6 nitrogen and oxygen atoms in total. The molecule has 0 aliphatic carbocycles. The van der Waals surface area contributed by atoms with Crippen molar-refractivity contribution in [2.24, 2.45) is 0 Å². The first-order valence-corrected chi connectivity index (χ1v) is 7.91. The van der Waals surface area contributed by atoms with Crippen molar-refractivity contribution in [2.45, 2.75) is 25.9 Å². The molecule has 2 amide bonds. The Bertz CT molecular complexity index is 716. The summed E-state index contributed by atoms with van der Waals surface area (Å²) in [5, 5.41) is 3.14. The van der Waals surface area contributed by atoms with E-state index >= 15 is 0 Å². The van der Waals surface area contributed by atoms with Crippen LogP contribution < -0.4 is 15.0 Å². The van der Waals surface area contributed by atoms with E-state index in [-0.39, 0.29) is 18.2 Å². The van der Waals surface area contributed by atoms with Crippen LogP contribution in [0.15, 0.2) is 48.8 Å². The maximum absolute atomic E-state index is 12.5. The van der Waals surface area contributed by atoms with Gasteiger partial charge in [-0.2, -0.15) is 0 Å². The quantitative estimate of drug-likeness (QED) is 0.821. The predicted molar refractivity (Wildman–Crippen MR) is 89.6 cm³/mol. The number of hydrogen-bond acceptors (Lipinski definition) is 5. The van der Waals surface area contributed by atoms with Gasteiger partial charge in [-0.05, 0) is 48.9 Å². The molecule has 3 rings (SSSR count). The average molecular weight is 325 g/mol. The van der Waals surface area contributed by atoms with Gasteiger partial charge in [0.05, 0.1) is 24.8 Å². The Labute approximate surface area is 140 Å². The predicted octanol–water partition coefficient (Wildman–Crippen LogP) is 1.90. The van der Waals surface area contributed by atoms with Crippen LogP contribution in [0.4, 0.5) is 5.69 Å². The van der Waals surface area contributed by atoms with Crippen LogP contribution in [0.3, 0.4) is 0 Å². The van der Waals surface area contributed by atoms with Crippen molar-refractivity contribution in [3.05, 3.63) is 54.4 Å². The van der Waals surface area contributed by atoms with Gasteiger partial charge in [0.1, 0.15) is 5.75 Å². The Morgan fingerprint density at radius 2 is 1.88 bits per heavy atom. The number of hydrogen-bond donors (Lipinski definition) is 1. The third kappa shape index (κ3) is 3.44. The van der Waals surface area contributed by atoms with Crippen LogP contribution in [-0.2, 0) is 16.1 Å². The number of ether oxygens (including phenoxy) is 1. The van der Waals surface area contributed by atoms with Crippen LogP contribution in [0.25, 0.3) is 0 Å². The van der Waals surface area contributed by atoms with Gasteiger partial charge in [0, 0.05) is 18.9 Å². The molecule has 0 saturated carbocycles. The van der Waals surface area contributed by atoms with E-state index in [1.807, 2.05) is 19.1 Å². The van der Waals surface area contributed by atoms with Crippen molar-refractivity contribution in [1.29, 1.82) is 0 Å². The number of nitrogens with one attached hydrogen (secondary N) is 1. The number of carbonyl (C=O) groups is 2. The van der Waals surface area contributed by atoms with Crippen molar-refractivity contribution in [3.63, 3.8) is 0 Å². The van der Waals surface area contributed by atoms with Gasteiger partial charge in [-0.1, -0.05) is 0 Å². The number of anilines is 1. The third-order valence-electron chi connectivity index (χ3n) is 3.85. The summed E-state index contributed by atoms with van der Waals surface area (Å²) in [6, 6.07) is 10.2. The third-order valence-corrected chi connectivity index (χ3v) is 3.85. The zero-order valence-corrected chi connectivity index (χ0v) is 13.4. The van der Waals surface area contributed by atoms with Crippen molar-refractivity contribution < 1.29 is 14.3 Å². The normalized spacial score (nSPS) is 17.4. The van der Waals surface area contributed by atoms with Gasteiger partial charge in [0.2, 0.25) is 5.91 Å². The molecule has 1 aliphatic heterocycles. The highest BCUT2D eigenvalue weighted by atomic mass is 16.5. The molecule has 1 aromatic carbocycles. The lowest BCUT2D eigenvalue weighted by atomic mass is 10.2. The van der Waals surface area contributed by atoms with Crippen LogP contribution in [0.2, 0.25) is 0 Å². The van der Waals surface area contributed by atoms with Crippen molar-refractivity contribution in [3.8, 4) is 5.75 Å². The summed E-state index contributed by atoms with van der Waals surface area (Å²) in [4.78, 5) is 30.0. The average Bonchev–Trinajstić information content (AvgIpc) is 2.89. The molecule has 0 radical (unpaired) electrons. The van der Waals surface area contributed by atoms with Crippen molar-refractivity contribution in [2.75, 3.05) is 11.5 Å². The van der Waals surface area contributed by atoms with E-state index in [0.29, 0.717) is 24.6 Å². The van der Waals surface area contributed by atoms with Crippen LogP contribution in [0.5, 0.6) is 5.75 Å². The summed E-state index contributed by atoms with van der Waals surface area (Å²) in [5.41, 5.74) is 1.59. The number of rotatable bonds is 6. The number of benzene rings is 1. The van der Waals surface area contributed by atoms with Gasteiger partial charge in [0.15, 0.2) is 0 Å². The SMILES string of the molecule is CCOc1ccc(N2C(=O)C[C@@H](NCc3ccncc3)C2=O)cc1. The maximum atomic E-state index is 12.5. The highest BCUT2D eigenvalue weighted by molar-refractivity contribution is 6.22. The molecule has 2 heterocycles. The van der Waals surface area contributed by atoms with Gasteiger partial charge in [-0.3, -0.25) is 14.6 Å². The zero-order chi connectivity index (χ0) is 16.9. The number of amides is 2. The van der Waals surface area contributed by atoms with E-state index in [1.54, 1.807) is 36.7 Å². The smallest absolute Gasteiger partial charge is 0.251 e. The molecule has 1 saturated heterocycles. The minimum absolute atomic E-state index is 0.164. The number of nitrogens with zero attached hydrogens (tertiary/aromatic N) is 2. The van der Waals surface area contributed by atoms with E-state index in [4.69, 9.17) is 4.74 Å². The molecule has 0 spiro atoms. The first-order valence-electron chi connectivity index (χ1n) is 7.91. The van der Waals surface area contributed by atoms with Gasteiger partial charge < -0.3 is 10.1 Å². The highest BCUT2D eigenvalue weighted by Gasteiger charge is 2.39. The Morgan fingerprint density at radius 1 is 1.17 bits per heavy atom. The first kappa shape index (κ1) is 16.1. The summed E-state index contributed by atoms with van der Waals surface area (Å²) < 4.78 is 5.38. The lowest BCUT2D eigenvalue weighted by molar-refractivity contribution is -0.121. The topological polar surface area (TPSA) is 71.5 Å². The Balaban J connectivity index is 1.67. The lowest BCUT2D eigenvalue weighted by Gasteiger charge is -2.16. The fourth-order valence-corrected chi connectivity index (χ4v) is 2.66. The number of aromatic nitrogens is 1. The number of carbonyl (C=O) groups excluding carboxylic acids is 2. The molecule has 2 aromatic rings. The van der Waals surface area contributed by atoms with Crippen LogP contribution in [0.1, 0.15) is 18.9 Å². The molecule has 1 aromatic heterocycles. The summed E-state index contributed by atoms with van der Waals surface area (Å²) >= 11 is 0. The standard InChI is InChI=1S/C18H19N3O3/c1-2-24-15-5-3-14(4-6-15)21-17(22)11-16(18(21)23)20-12-13-7-9-19-10-8-13/h3-10,16,20H,2,11-12H2,1H3/t16-/m1/s1. The molecule has 124 valence electrons. The number of pyridine rings is 1.